The number of amides is 1. The Balaban J connectivity index is 1.56. The van der Waals surface area contributed by atoms with Gasteiger partial charge in [0.1, 0.15) is 24.1 Å². The molecule has 0 bridgehead atoms. The molecule has 2 atom stereocenters. The summed E-state index contributed by atoms with van der Waals surface area (Å²) in [5, 5.41) is 0. The predicted molar refractivity (Wildman–Crippen MR) is 106 cm³/mol. The summed E-state index contributed by atoms with van der Waals surface area (Å²) in [7, 11) is 1.90. The van der Waals surface area contributed by atoms with Crippen LogP contribution in [0.1, 0.15) is 17.8 Å². The molecule has 5 rings (SSSR count). The molecule has 1 aromatic carbocycles. The minimum absolute atomic E-state index is 0.0261. The van der Waals surface area contributed by atoms with Gasteiger partial charge in [0.2, 0.25) is 5.91 Å². The fraction of sp³-hybridized carbons (Fsp3) is 0.381. The van der Waals surface area contributed by atoms with Crippen LogP contribution in [0, 0.1) is 6.92 Å². The third-order valence-corrected chi connectivity index (χ3v) is 6.13. The van der Waals surface area contributed by atoms with E-state index in [2.05, 4.69) is 27.0 Å². The Hall–Kier alpha value is -2.93. The normalized spacial score (nSPS) is 25.2. The number of likely N-dealkylation sites (N-methyl/N-ethyl adjacent to an activating group) is 1. The summed E-state index contributed by atoms with van der Waals surface area (Å²) in [5.74, 6) is 1.68. The second-order valence-electron chi connectivity index (χ2n) is 7.57. The molecule has 7 heteroatoms. The Morgan fingerprint density at radius 3 is 2.86 bits per heavy atom. The maximum Gasteiger partial charge on any atom is 0.249 e. The lowest BCUT2D eigenvalue weighted by molar-refractivity contribution is -0.173. The quantitative estimate of drug-likeness (QED) is 0.741. The summed E-state index contributed by atoms with van der Waals surface area (Å²) >= 11 is 0. The summed E-state index contributed by atoms with van der Waals surface area (Å²) in [6.07, 6.45) is 2.53. The van der Waals surface area contributed by atoms with Crippen LogP contribution < -0.4 is 4.90 Å². The molecule has 2 aromatic heterocycles. The van der Waals surface area contributed by atoms with E-state index >= 15 is 0 Å². The maximum absolute atomic E-state index is 12.5. The first kappa shape index (κ1) is 17.2. The summed E-state index contributed by atoms with van der Waals surface area (Å²) in [5.41, 5.74) is 2.53. The number of benzene rings is 1. The SMILES string of the molecule is Cc1nc(N2CC[C@]3(c4ccccc4)[C@@H](C2)OCC(=O)N3C)c2[nH]ccc2n1. The van der Waals surface area contributed by atoms with Crippen molar-refractivity contribution in [2.45, 2.75) is 25.0 Å². The molecule has 2 saturated heterocycles. The number of aryl methyl sites for hydroxylation is 1. The Bertz CT molecular complexity index is 1030. The van der Waals surface area contributed by atoms with Crippen LogP contribution in [0.25, 0.3) is 11.0 Å². The minimum atomic E-state index is -0.454. The van der Waals surface area contributed by atoms with Gasteiger partial charge in [0.05, 0.1) is 11.1 Å². The van der Waals surface area contributed by atoms with Crippen molar-refractivity contribution in [1.29, 1.82) is 0 Å². The Kier molecular flexibility index (Phi) is 3.87. The van der Waals surface area contributed by atoms with Crippen molar-refractivity contribution in [3.05, 3.63) is 54.0 Å². The number of nitrogens with zero attached hydrogens (tertiary/aromatic N) is 4. The van der Waals surface area contributed by atoms with Crippen molar-refractivity contribution in [2.24, 2.45) is 0 Å². The largest absolute Gasteiger partial charge is 0.364 e. The van der Waals surface area contributed by atoms with Crippen molar-refractivity contribution in [1.82, 2.24) is 19.9 Å². The van der Waals surface area contributed by atoms with E-state index in [0.29, 0.717) is 6.54 Å². The van der Waals surface area contributed by atoms with Gasteiger partial charge in [-0.2, -0.15) is 0 Å². The number of carbonyl (C=O) groups is 1. The van der Waals surface area contributed by atoms with Gasteiger partial charge in [-0.3, -0.25) is 4.79 Å². The number of carbonyl (C=O) groups excluding carboxylic acids is 1. The number of aromatic amines is 1. The van der Waals surface area contributed by atoms with E-state index in [1.165, 1.54) is 0 Å². The highest BCUT2D eigenvalue weighted by Gasteiger charge is 2.53. The van der Waals surface area contributed by atoms with Crippen molar-refractivity contribution < 1.29 is 9.53 Å². The van der Waals surface area contributed by atoms with Crippen LogP contribution in [0.4, 0.5) is 5.82 Å². The molecular weight excluding hydrogens is 354 g/mol. The van der Waals surface area contributed by atoms with E-state index in [9.17, 15) is 4.79 Å². The smallest absolute Gasteiger partial charge is 0.249 e. The van der Waals surface area contributed by atoms with Gasteiger partial charge in [-0.15, -0.1) is 0 Å². The fourth-order valence-corrected chi connectivity index (χ4v) is 4.69. The molecule has 2 fully saturated rings. The molecule has 4 heterocycles. The molecule has 2 aliphatic rings. The standard InChI is InChI=1S/C21H23N5O2/c1-14-23-16-8-10-22-19(16)20(24-14)26-11-9-21(15-6-4-3-5-7-15)17(12-26)28-13-18(27)25(21)2/h3-8,10,17,22H,9,11-13H2,1-2H3/t17-,21+/m1/s1. The Morgan fingerprint density at radius 1 is 1.21 bits per heavy atom. The molecule has 1 N–H and O–H groups in total. The third kappa shape index (κ3) is 2.43. The van der Waals surface area contributed by atoms with E-state index < -0.39 is 5.54 Å². The zero-order valence-electron chi connectivity index (χ0n) is 16.1. The molecule has 0 unspecified atom stereocenters. The monoisotopic (exact) mass is 377 g/mol. The van der Waals surface area contributed by atoms with Gasteiger partial charge in [0.25, 0.3) is 0 Å². The van der Waals surface area contributed by atoms with E-state index in [1.807, 2.05) is 49.3 Å². The highest BCUT2D eigenvalue weighted by atomic mass is 16.5. The molecule has 28 heavy (non-hydrogen) atoms. The molecule has 0 radical (unpaired) electrons. The molecule has 0 aliphatic carbocycles. The molecular formula is C21H23N5O2. The number of piperidine rings is 1. The Labute approximate surface area is 163 Å². The zero-order valence-corrected chi connectivity index (χ0v) is 16.1. The van der Waals surface area contributed by atoms with Crippen LogP contribution in [-0.4, -0.2) is 58.6 Å². The summed E-state index contributed by atoms with van der Waals surface area (Å²) in [6, 6.07) is 12.2. The van der Waals surface area contributed by atoms with Crippen LogP contribution in [0.3, 0.4) is 0 Å². The van der Waals surface area contributed by atoms with E-state index in [1.54, 1.807) is 0 Å². The van der Waals surface area contributed by atoms with Crippen LogP contribution in [0.2, 0.25) is 0 Å². The molecule has 1 amide bonds. The van der Waals surface area contributed by atoms with E-state index in [4.69, 9.17) is 9.72 Å². The second-order valence-corrected chi connectivity index (χ2v) is 7.57. The summed E-state index contributed by atoms with van der Waals surface area (Å²) < 4.78 is 6.11. The van der Waals surface area contributed by atoms with Crippen LogP contribution in [-0.2, 0) is 15.1 Å². The van der Waals surface area contributed by atoms with Crippen molar-refractivity contribution in [3.63, 3.8) is 0 Å². The lowest BCUT2D eigenvalue weighted by atomic mass is 9.76. The van der Waals surface area contributed by atoms with Gasteiger partial charge in [0, 0.05) is 26.3 Å². The number of rotatable bonds is 2. The average Bonchev–Trinajstić information content (AvgIpc) is 3.19. The molecule has 7 nitrogen and oxygen atoms in total. The second kappa shape index (κ2) is 6.31. The van der Waals surface area contributed by atoms with Crippen LogP contribution in [0.5, 0.6) is 0 Å². The maximum atomic E-state index is 12.5. The Morgan fingerprint density at radius 2 is 2.04 bits per heavy atom. The third-order valence-electron chi connectivity index (χ3n) is 6.13. The number of nitrogens with one attached hydrogen (secondary N) is 1. The topological polar surface area (TPSA) is 74.4 Å². The van der Waals surface area contributed by atoms with Gasteiger partial charge in [-0.05, 0) is 25.0 Å². The van der Waals surface area contributed by atoms with Gasteiger partial charge < -0.3 is 19.5 Å². The minimum Gasteiger partial charge on any atom is -0.364 e. The van der Waals surface area contributed by atoms with E-state index in [-0.39, 0.29) is 18.6 Å². The van der Waals surface area contributed by atoms with Crippen molar-refractivity contribution in [3.8, 4) is 0 Å². The van der Waals surface area contributed by atoms with Crippen molar-refractivity contribution in [2.75, 3.05) is 31.6 Å². The number of H-pyrrole nitrogens is 1. The zero-order chi connectivity index (χ0) is 19.3. The molecule has 0 spiro atoms. The molecule has 0 saturated carbocycles. The highest BCUT2D eigenvalue weighted by molar-refractivity contribution is 5.86. The number of anilines is 1. The number of hydrogen-bond donors (Lipinski definition) is 1. The van der Waals surface area contributed by atoms with Gasteiger partial charge in [-0.25, -0.2) is 9.97 Å². The first-order valence-electron chi connectivity index (χ1n) is 9.60. The van der Waals surface area contributed by atoms with Crippen LogP contribution >= 0.6 is 0 Å². The van der Waals surface area contributed by atoms with Gasteiger partial charge in [0.15, 0.2) is 5.82 Å². The van der Waals surface area contributed by atoms with Crippen LogP contribution in [0.15, 0.2) is 42.6 Å². The summed E-state index contributed by atoms with van der Waals surface area (Å²) in [4.78, 5) is 29.2. The predicted octanol–water partition coefficient (Wildman–Crippen LogP) is 2.23. The average molecular weight is 377 g/mol. The highest BCUT2D eigenvalue weighted by Crippen LogP contribution is 2.43. The number of hydrogen-bond acceptors (Lipinski definition) is 5. The first-order valence-corrected chi connectivity index (χ1v) is 9.60. The number of morpholine rings is 1. The molecule has 2 aliphatic heterocycles. The molecule has 144 valence electrons. The lowest BCUT2D eigenvalue weighted by Gasteiger charge is -2.55. The number of fused-ring (bicyclic) bond motifs is 2. The van der Waals surface area contributed by atoms with Gasteiger partial charge in [-0.1, -0.05) is 30.3 Å². The summed E-state index contributed by atoms with van der Waals surface area (Å²) in [6.45, 7) is 3.47. The molecule has 3 aromatic rings. The van der Waals surface area contributed by atoms with Gasteiger partial charge >= 0.3 is 0 Å². The number of ether oxygens (including phenoxy) is 1. The van der Waals surface area contributed by atoms with E-state index in [0.717, 1.165) is 41.2 Å². The van der Waals surface area contributed by atoms with Crippen molar-refractivity contribution >= 4 is 22.8 Å². The lowest BCUT2D eigenvalue weighted by Crippen LogP contribution is -2.67. The fourth-order valence-electron chi connectivity index (χ4n) is 4.69. The number of aromatic nitrogens is 3. The first-order chi connectivity index (χ1) is 13.6.